The maximum atomic E-state index is 13.3. The number of piperazine rings is 1. The molecule has 4 N–H and O–H groups in total. The normalized spacial score (nSPS) is 18.7. The van der Waals surface area contributed by atoms with Crippen LogP contribution in [0.15, 0.2) is 12.1 Å². The van der Waals surface area contributed by atoms with E-state index in [9.17, 15) is 24.1 Å². The Bertz CT molecular complexity index is 428. The van der Waals surface area contributed by atoms with E-state index in [1.54, 1.807) is 0 Å². The van der Waals surface area contributed by atoms with Crippen molar-refractivity contribution in [1.29, 1.82) is 0 Å². The highest BCUT2D eigenvalue weighted by Gasteiger charge is 2.34. The first kappa shape index (κ1) is 13.8. The van der Waals surface area contributed by atoms with Crippen molar-refractivity contribution in [2.75, 3.05) is 26.2 Å². The van der Waals surface area contributed by atoms with Gasteiger partial charge in [0.15, 0.2) is 0 Å². The minimum Gasteiger partial charge on any atom is -0.508 e. The van der Waals surface area contributed by atoms with E-state index in [0.717, 1.165) is 12.1 Å². The summed E-state index contributed by atoms with van der Waals surface area (Å²) >= 11 is 0. The number of halogens is 2. The summed E-state index contributed by atoms with van der Waals surface area (Å²) in [5, 5.41) is 31.7. The third kappa shape index (κ3) is 2.87. The number of hydrogen-bond acceptors (Lipinski definition) is 5. The summed E-state index contributed by atoms with van der Waals surface area (Å²) in [4.78, 5) is 1.51. The molecule has 0 saturated carbocycles. The van der Waals surface area contributed by atoms with Gasteiger partial charge in [0, 0.05) is 38.3 Å². The van der Waals surface area contributed by atoms with Gasteiger partial charge >= 0.3 is 0 Å². The molecule has 1 fully saturated rings. The molecule has 2 rings (SSSR count). The highest BCUT2D eigenvalue weighted by Crippen LogP contribution is 2.41. The van der Waals surface area contributed by atoms with Gasteiger partial charge in [0.25, 0.3) is 6.43 Å². The fourth-order valence-corrected chi connectivity index (χ4v) is 2.34. The van der Waals surface area contributed by atoms with E-state index in [0.29, 0.717) is 26.2 Å². The summed E-state index contributed by atoms with van der Waals surface area (Å²) in [6.07, 6.45) is -2.75. The molecule has 0 aromatic heterocycles. The Morgan fingerprint density at radius 1 is 1.05 bits per heavy atom. The highest BCUT2D eigenvalue weighted by atomic mass is 19.3. The molecular weight excluding hydrogens is 258 g/mol. The van der Waals surface area contributed by atoms with Crippen LogP contribution >= 0.6 is 0 Å². The van der Waals surface area contributed by atoms with Gasteiger partial charge in [-0.2, -0.15) is 0 Å². The summed E-state index contributed by atoms with van der Waals surface area (Å²) in [6, 6.07) is 0.516. The van der Waals surface area contributed by atoms with Gasteiger partial charge in [0.2, 0.25) is 0 Å². The number of phenols is 3. The number of rotatable bonds is 3. The number of alkyl halides is 2. The van der Waals surface area contributed by atoms with E-state index in [4.69, 9.17) is 0 Å². The standard InChI is InChI=1S/C12H16F2N2O3/c13-12(14)11(16-3-1-15-2-4-16)10-8(18)5-7(17)6-9(10)19/h5-6,11-12,15,17-19H,1-4H2/t11-/m1/s1. The fourth-order valence-electron chi connectivity index (χ4n) is 2.34. The number of benzene rings is 1. The molecule has 1 heterocycles. The Balaban J connectivity index is 2.38. The van der Waals surface area contributed by atoms with Crippen molar-refractivity contribution in [3.8, 4) is 17.2 Å². The number of nitrogens with one attached hydrogen (secondary N) is 1. The second-order valence-corrected chi connectivity index (χ2v) is 4.46. The lowest BCUT2D eigenvalue weighted by Crippen LogP contribution is -2.46. The number of aromatic hydroxyl groups is 3. The zero-order valence-corrected chi connectivity index (χ0v) is 10.2. The third-order valence-electron chi connectivity index (χ3n) is 3.20. The molecule has 0 aliphatic carbocycles. The Morgan fingerprint density at radius 3 is 2.05 bits per heavy atom. The molecule has 1 aliphatic rings. The molecule has 1 aromatic rings. The van der Waals surface area contributed by atoms with Gasteiger partial charge < -0.3 is 20.6 Å². The summed E-state index contributed by atoms with van der Waals surface area (Å²) in [7, 11) is 0. The summed E-state index contributed by atoms with van der Waals surface area (Å²) in [5.41, 5.74) is -0.241. The lowest BCUT2D eigenvalue weighted by atomic mass is 10.0. The maximum absolute atomic E-state index is 13.3. The molecule has 19 heavy (non-hydrogen) atoms. The minimum atomic E-state index is -2.75. The predicted octanol–water partition coefficient (Wildman–Crippen LogP) is 1.01. The van der Waals surface area contributed by atoms with Gasteiger partial charge in [-0.3, -0.25) is 4.90 Å². The van der Waals surface area contributed by atoms with Gasteiger partial charge in [-0.25, -0.2) is 8.78 Å². The van der Waals surface area contributed by atoms with E-state index >= 15 is 0 Å². The van der Waals surface area contributed by atoms with Crippen LogP contribution < -0.4 is 5.32 Å². The first-order valence-corrected chi connectivity index (χ1v) is 5.98. The molecule has 0 unspecified atom stereocenters. The van der Waals surface area contributed by atoms with Crippen LogP contribution in [0.25, 0.3) is 0 Å². The van der Waals surface area contributed by atoms with Crippen LogP contribution in [-0.2, 0) is 0 Å². The van der Waals surface area contributed by atoms with Crippen molar-refractivity contribution >= 4 is 0 Å². The molecule has 1 atom stereocenters. The van der Waals surface area contributed by atoms with Gasteiger partial charge in [0.05, 0.1) is 5.56 Å². The average molecular weight is 274 g/mol. The Morgan fingerprint density at radius 2 is 1.58 bits per heavy atom. The smallest absolute Gasteiger partial charge is 0.258 e. The number of hydrogen-bond donors (Lipinski definition) is 4. The van der Waals surface area contributed by atoms with Crippen LogP contribution in [0.3, 0.4) is 0 Å². The number of nitrogens with zero attached hydrogens (tertiary/aromatic N) is 1. The molecule has 1 aromatic carbocycles. The molecule has 0 amide bonds. The molecule has 0 radical (unpaired) electrons. The second-order valence-electron chi connectivity index (χ2n) is 4.46. The first-order chi connectivity index (χ1) is 9.00. The Hall–Kier alpha value is -1.60. The SMILES string of the molecule is Oc1cc(O)c([C@H](C(F)F)N2CCNCC2)c(O)c1. The lowest BCUT2D eigenvalue weighted by Gasteiger charge is -2.35. The summed E-state index contributed by atoms with van der Waals surface area (Å²) in [6.45, 7) is 1.94. The van der Waals surface area contributed by atoms with E-state index in [1.807, 2.05) is 0 Å². The Labute approximate surface area is 109 Å². The van der Waals surface area contributed by atoms with Gasteiger partial charge in [-0.05, 0) is 0 Å². The van der Waals surface area contributed by atoms with Crippen molar-refractivity contribution in [1.82, 2.24) is 10.2 Å². The second kappa shape index (κ2) is 5.58. The summed E-state index contributed by atoms with van der Waals surface area (Å²) in [5.74, 6) is -1.42. The van der Waals surface area contributed by atoms with E-state index in [-0.39, 0.29) is 11.3 Å². The van der Waals surface area contributed by atoms with Crippen molar-refractivity contribution in [3.05, 3.63) is 17.7 Å². The van der Waals surface area contributed by atoms with Crippen LogP contribution in [0.1, 0.15) is 11.6 Å². The highest BCUT2D eigenvalue weighted by molar-refractivity contribution is 5.50. The molecule has 106 valence electrons. The van der Waals surface area contributed by atoms with Gasteiger partial charge in [-0.15, -0.1) is 0 Å². The molecule has 0 bridgehead atoms. The molecule has 1 saturated heterocycles. The zero-order chi connectivity index (χ0) is 14.0. The van der Waals surface area contributed by atoms with Gasteiger partial charge in [-0.1, -0.05) is 0 Å². The predicted molar refractivity (Wildman–Crippen MR) is 64.6 cm³/mol. The lowest BCUT2D eigenvalue weighted by molar-refractivity contribution is 0.0158. The third-order valence-corrected chi connectivity index (χ3v) is 3.20. The van der Waals surface area contributed by atoms with E-state index < -0.39 is 24.0 Å². The average Bonchev–Trinajstić information content (AvgIpc) is 2.34. The zero-order valence-electron chi connectivity index (χ0n) is 10.2. The molecular formula is C12H16F2N2O3. The summed E-state index contributed by atoms with van der Waals surface area (Å²) < 4.78 is 26.6. The minimum absolute atomic E-state index is 0.241. The first-order valence-electron chi connectivity index (χ1n) is 5.98. The van der Waals surface area contributed by atoms with Gasteiger partial charge in [0.1, 0.15) is 23.3 Å². The van der Waals surface area contributed by atoms with Crippen LogP contribution in [0, 0.1) is 0 Å². The van der Waals surface area contributed by atoms with Crippen LogP contribution in [0.2, 0.25) is 0 Å². The molecule has 1 aliphatic heterocycles. The molecule has 0 spiro atoms. The van der Waals surface area contributed by atoms with Crippen molar-refractivity contribution < 1.29 is 24.1 Å². The topological polar surface area (TPSA) is 76.0 Å². The molecule has 7 heteroatoms. The van der Waals surface area contributed by atoms with E-state index in [1.165, 1.54) is 4.90 Å². The number of phenolic OH excluding ortho intramolecular Hbond substituents is 3. The van der Waals surface area contributed by atoms with Crippen LogP contribution in [0.5, 0.6) is 17.2 Å². The van der Waals surface area contributed by atoms with Crippen molar-refractivity contribution in [2.24, 2.45) is 0 Å². The quantitative estimate of drug-likeness (QED) is 0.662. The largest absolute Gasteiger partial charge is 0.508 e. The van der Waals surface area contributed by atoms with E-state index in [2.05, 4.69) is 5.32 Å². The maximum Gasteiger partial charge on any atom is 0.258 e. The molecule has 5 nitrogen and oxygen atoms in total. The van der Waals surface area contributed by atoms with Crippen LogP contribution in [0.4, 0.5) is 8.78 Å². The Kier molecular flexibility index (Phi) is 4.06. The van der Waals surface area contributed by atoms with Crippen molar-refractivity contribution in [3.63, 3.8) is 0 Å². The van der Waals surface area contributed by atoms with Crippen molar-refractivity contribution in [2.45, 2.75) is 12.5 Å². The fraction of sp³-hybridized carbons (Fsp3) is 0.500. The monoisotopic (exact) mass is 274 g/mol. The van der Waals surface area contributed by atoms with Crippen LogP contribution in [-0.4, -0.2) is 52.8 Å².